The highest BCUT2D eigenvalue weighted by Crippen LogP contribution is 2.29. The molecule has 2 rings (SSSR count). The molecule has 0 heterocycles. The minimum absolute atomic E-state index is 0.342. The third kappa shape index (κ3) is 2.12. The summed E-state index contributed by atoms with van der Waals surface area (Å²) in [6.07, 6.45) is 0.509. The summed E-state index contributed by atoms with van der Waals surface area (Å²) in [6.45, 7) is 1.77. The maximum absolute atomic E-state index is 11.1. The number of carbonyl (C=O) groups excluding carboxylic acids is 1. The van der Waals surface area contributed by atoms with Crippen LogP contribution in [0.1, 0.15) is 18.4 Å². The number of carboxylic acids is 1. The van der Waals surface area contributed by atoms with Crippen molar-refractivity contribution in [2.45, 2.75) is 12.8 Å². The van der Waals surface area contributed by atoms with Crippen molar-refractivity contribution in [3.8, 4) is 0 Å². The van der Waals surface area contributed by atoms with Gasteiger partial charge in [-0.05, 0) is 16.3 Å². The Balaban J connectivity index is 2.53. The predicted octanol–water partition coefficient (Wildman–Crippen LogP) is 2.84. The molecule has 0 amide bonds. The van der Waals surface area contributed by atoms with Crippen molar-refractivity contribution in [3.63, 3.8) is 0 Å². The quantitative estimate of drug-likeness (QED) is 0.662. The van der Waals surface area contributed by atoms with E-state index in [0.717, 1.165) is 16.3 Å². The van der Waals surface area contributed by atoms with Crippen LogP contribution in [0.25, 0.3) is 10.8 Å². The standard InChI is InChI=1S/C15H14O3/c1-10(14(9-16)15(17)18)12-8-4-6-11-5-2-3-7-13(11)12/h2-10,14H,1H3,(H,17,18). The highest BCUT2D eigenvalue weighted by molar-refractivity contribution is 5.91. The molecule has 0 saturated carbocycles. The highest BCUT2D eigenvalue weighted by atomic mass is 16.4. The van der Waals surface area contributed by atoms with Crippen LogP contribution in [0.15, 0.2) is 42.5 Å². The molecule has 3 nitrogen and oxygen atoms in total. The summed E-state index contributed by atoms with van der Waals surface area (Å²) in [4.78, 5) is 22.0. The van der Waals surface area contributed by atoms with E-state index < -0.39 is 11.9 Å². The average Bonchev–Trinajstić information content (AvgIpc) is 2.38. The first-order valence-electron chi connectivity index (χ1n) is 5.81. The van der Waals surface area contributed by atoms with Gasteiger partial charge in [0, 0.05) is 5.92 Å². The summed E-state index contributed by atoms with van der Waals surface area (Å²) in [5, 5.41) is 11.1. The van der Waals surface area contributed by atoms with E-state index in [-0.39, 0.29) is 5.92 Å². The molecule has 0 radical (unpaired) electrons. The van der Waals surface area contributed by atoms with Crippen LogP contribution in [-0.4, -0.2) is 17.4 Å². The normalized spacial score (nSPS) is 14.1. The zero-order valence-electron chi connectivity index (χ0n) is 10.0. The van der Waals surface area contributed by atoms with Gasteiger partial charge in [-0.1, -0.05) is 49.4 Å². The van der Waals surface area contributed by atoms with E-state index in [0.29, 0.717) is 6.29 Å². The van der Waals surface area contributed by atoms with Crippen LogP contribution in [0.2, 0.25) is 0 Å². The lowest BCUT2D eigenvalue weighted by Gasteiger charge is -2.17. The lowest BCUT2D eigenvalue weighted by molar-refractivity contribution is -0.144. The van der Waals surface area contributed by atoms with Crippen LogP contribution >= 0.6 is 0 Å². The van der Waals surface area contributed by atoms with Gasteiger partial charge in [0.2, 0.25) is 0 Å². The Morgan fingerprint density at radius 2 is 1.83 bits per heavy atom. The first kappa shape index (κ1) is 12.3. The van der Waals surface area contributed by atoms with Gasteiger partial charge in [0.25, 0.3) is 0 Å². The summed E-state index contributed by atoms with van der Waals surface area (Å²) in [5.74, 6) is -2.42. The van der Waals surface area contributed by atoms with E-state index in [4.69, 9.17) is 5.11 Å². The van der Waals surface area contributed by atoms with Crippen LogP contribution in [-0.2, 0) is 9.59 Å². The van der Waals surface area contributed by atoms with Crippen molar-refractivity contribution in [1.82, 2.24) is 0 Å². The molecule has 0 fully saturated rings. The summed E-state index contributed by atoms with van der Waals surface area (Å²) in [5.41, 5.74) is 0.896. The molecule has 2 aromatic rings. The van der Waals surface area contributed by atoms with Gasteiger partial charge in [-0.2, -0.15) is 0 Å². The van der Waals surface area contributed by atoms with Gasteiger partial charge < -0.3 is 9.90 Å². The van der Waals surface area contributed by atoms with Crippen molar-refractivity contribution in [3.05, 3.63) is 48.0 Å². The monoisotopic (exact) mass is 242 g/mol. The number of carboxylic acid groups (broad SMARTS) is 1. The van der Waals surface area contributed by atoms with Crippen LogP contribution in [0.3, 0.4) is 0 Å². The van der Waals surface area contributed by atoms with Crippen molar-refractivity contribution < 1.29 is 14.7 Å². The fourth-order valence-electron chi connectivity index (χ4n) is 2.23. The summed E-state index contributed by atoms with van der Waals surface area (Å²) in [7, 11) is 0. The second-order valence-corrected chi connectivity index (χ2v) is 4.36. The van der Waals surface area contributed by atoms with E-state index >= 15 is 0 Å². The Morgan fingerprint density at radius 1 is 1.17 bits per heavy atom. The molecule has 0 aliphatic heterocycles. The number of carbonyl (C=O) groups is 2. The zero-order chi connectivity index (χ0) is 13.1. The molecule has 0 saturated heterocycles. The van der Waals surface area contributed by atoms with Gasteiger partial charge in [-0.3, -0.25) is 4.79 Å². The van der Waals surface area contributed by atoms with Crippen LogP contribution in [0.4, 0.5) is 0 Å². The van der Waals surface area contributed by atoms with E-state index in [1.165, 1.54) is 0 Å². The Labute approximate surface area is 105 Å². The Morgan fingerprint density at radius 3 is 2.50 bits per heavy atom. The first-order valence-corrected chi connectivity index (χ1v) is 5.81. The number of hydrogen-bond acceptors (Lipinski definition) is 2. The van der Waals surface area contributed by atoms with E-state index in [1.807, 2.05) is 42.5 Å². The fourth-order valence-corrected chi connectivity index (χ4v) is 2.23. The lowest BCUT2D eigenvalue weighted by Crippen LogP contribution is -2.21. The summed E-state index contributed by atoms with van der Waals surface area (Å²) in [6, 6.07) is 13.5. The SMILES string of the molecule is CC(c1cccc2ccccc12)C(C=O)C(=O)O. The highest BCUT2D eigenvalue weighted by Gasteiger charge is 2.26. The van der Waals surface area contributed by atoms with Gasteiger partial charge >= 0.3 is 5.97 Å². The fraction of sp³-hybridized carbons (Fsp3) is 0.200. The molecule has 0 bridgehead atoms. The molecule has 0 aliphatic carbocycles. The van der Waals surface area contributed by atoms with Gasteiger partial charge in [-0.25, -0.2) is 0 Å². The molecular formula is C15H14O3. The molecule has 18 heavy (non-hydrogen) atoms. The van der Waals surface area contributed by atoms with Crippen LogP contribution < -0.4 is 0 Å². The maximum Gasteiger partial charge on any atom is 0.314 e. The Bertz CT molecular complexity index is 584. The Hall–Kier alpha value is -2.16. The van der Waals surface area contributed by atoms with Crippen molar-refractivity contribution in [1.29, 1.82) is 0 Å². The minimum Gasteiger partial charge on any atom is -0.481 e. The van der Waals surface area contributed by atoms with Crippen molar-refractivity contribution in [2.75, 3.05) is 0 Å². The lowest BCUT2D eigenvalue weighted by atomic mass is 9.86. The minimum atomic E-state index is -1.08. The molecule has 2 unspecified atom stereocenters. The van der Waals surface area contributed by atoms with E-state index in [1.54, 1.807) is 6.92 Å². The molecular weight excluding hydrogens is 228 g/mol. The molecule has 0 spiro atoms. The largest absolute Gasteiger partial charge is 0.481 e. The molecule has 2 atom stereocenters. The third-order valence-corrected chi connectivity index (χ3v) is 3.28. The predicted molar refractivity (Wildman–Crippen MR) is 69.6 cm³/mol. The number of hydrogen-bond donors (Lipinski definition) is 1. The van der Waals surface area contributed by atoms with E-state index in [2.05, 4.69) is 0 Å². The molecule has 2 aromatic carbocycles. The summed E-state index contributed by atoms with van der Waals surface area (Å²) >= 11 is 0. The van der Waals surface area contributed by atoms with Crippen LogP contribution in [0.5, 0.6) is 0 Å². The van der Waals surface area contributed by atoms with E-state index in [9.17, 15) is 9.59 Å². The molecule has 92 valence electrons. The smallest absolute Gasteiger partial charge is 0.314 e. The van der Waals surface area contributed by atoms with Gasteiger partial charge in [-0.15, -0.1) is 0 Å². The van der Waals surface area contributed by atoms with Crippen molar-refractivity contribution in [2.24, 2.45) is 5.92 Å². The Kier molecular flexibility index (Phi) is 3.42. The number of rotatable bonds is 4. The second-order valence-electron chi connectivity index (χ2n) is 4.36. The average molecular weight is 242 g/mol. The zero-order valence-corrected chi connectivity index (χ0v) is 10.0. The molecule has 1 N–H and O–H groups in total. The van der Waals surface area contributed by atoms with Gasteiger partial charge in [0.15, 0.2) is 0 Å². The third-order valence-electron chi connectivity index (χ3n) is 3.28. The first-order chi connectivity index (χ1) is 8.65. The molecule has 0 aliphatic rings. The van der Waals surface area contributed by atoms with Crippen LogP contribution in [0, 0.1) is 5.92 Å². The molecule has 0 aromatic heterocycles. The van der Waals surface area contributed by atoms with Crippen molar-refractivity contribution >= 4 is 23.0 Å². The number of fused-ring (bicyclic) bond motifs is 1. The molecule has 3 heteroatoms. The number of aldehydes is 1. The second kappa shape index (κ2) is 5.00. The van der Waals surface area contributed by atoms with Gasteiger partial charge in [0.05, 0.1) is 0 Å². The van der Waals surface area contributed by atoms with Gasteiger partial charge in [0.1, 0.15) is 12.2 Å². The number of benzene rings is 2. The number of aliphatic carboxylic acids is 1. The summed E-state index contributed by atoms with van der Waals surface area (Å²) < 4.78 is 0. The topological polar surface area (TPSA) is 54.4 Å². The maximum atomic E-state index is 11.1.